The van der Waals surface area contributed by atoms with E-state index in [4.69, 9.17) is 16.0 Å². The zero-order chi connectivity index (χ0) is 9.26. The highest BCUT2D eigenvalue weighted by molar-refractivity contribution is 6.17. The molecule has 0 fully saturated rings. The first-order chi connectivity index (χ1) is 6.33. The first-order valence-electron chi connectivity index (χ1n) is 4.27. The number of fused-ring (bicyclic) bond motifs is 1. The van der Waals surface area contributed by atoms with Crippen molar-refractivity contribution in [2.24, 2.45) is 0 Å². The lowest BCUT2D eigenvalue weighted by molar-refractivity contribution is 0.538. The number of aromatic nitrogens is 1. The number of hydrogen-bond acceptors (Lipinski definition) is 2. The van der Waals surface area contributed by atoms with Crippen LogP contribution in [0.25, 0.3) is 11.1 Å². The first-order valence-corrected chi connectivity index (χ1v) is 4.81. The molecule has 2 aromatic rings. The number of alkyl halides is 1. The summed E-state index contributed by atoms with van der Waals surface area (Å²) in [6, 6.07) is 5.84. The van der Waals surface area contributed by atoms with E-state index in [1.165, 1.54) is 0 Å². The van der Waals surface area contributed by atoms with Crippen LogP contribution < -0.4 is 0 Å². The average Bonchev–Trinajstić information content (AvgIpc) is 2.58. The molecule has 0 radical (unpaired) electrons. The molecule has 1 aromatic carbocycles. The summed E-state index contributed by atoms with van der Waals surface area (Å²) in [5.41, 5.74) is 2.81. The largest absolute Gasteiger partial charge is 0.441 e. The molecule has 1 aromatic heterocycles. The number of hydrogen-bond donors (Lipinski definition) is 0. The van der Waals surface area contributed by atoms with Gasteiger partial charge in [-0.05, 0) is 17.7 Å². The zero-order valence-electron chi connectivity index (χ0n) is 7.38. The third kappa shape index (κ3) is 1.54. The Kier molecular flexibility index (Phi) is 2.23. The van der Waals surface area contributed by atoms with Crippen molar-refractivity contribution in [1.82, 2.24) is 4.98 Å². The van der Waals surface area contributed by atoms with Gasteiger partial charge in [0, 0.05) is 12.3 Å². The van der Waals surface area contributed by atoms with Gasteiger partial charge in [0.25, 0.3) is 0 Å². The van der Waals surface area contributed by atoms with Crippen LogP contribution >= 0.6 is 11.6 Å². The molecule has 13 heavy (non-hydrogen) atoms. The number of benzene rings is 1. The number of rotatable bonds is 2. The van der Waals surface area contributed by atoms with E-state index in [9.17, 15) is 0 Å². The van der Waals surface area contributed by atoms with Crippen LogP contribution in [0.15, 0.2) is 22.6 Å². The summed E-state index contributed by atoms with van der Waals surface area (Å²) in [6.07, 6.45) is 0.824. The van der Waals surface area contributed by atoms with E-state index in [1.54, 1.807) is 0 Å². The normalized spacial score (nSPS) is 10.9. The molecule has 0 bridgehead atoms. The van der Waals surface area contributed by atoms with Crippen molar-refractivity contribution in [1.29, 1.82) is 0 Å². The maximum Gasteiger partial charge on any atom is 0.195 e. The highest BCUT2D eigenvalue weighted by Gasteiger charge is 2.03. The second-order valence-corrected chi connectivity index (χ2v) is 3.16. The monoisotopic (exact) mass is 195 g/mol. The maximum atomic E-state index is 5.71. The summed E-state index contributed by atoms with van der Waals surface area (Å²) < 4.78 is 5.46. The molecular formula is C10H10ClNO. The van der Waals surface area contributed by atoms with Gasteiger partial charge in [0.2, 0.25) is 0 Å². The Labute approximate surface area is 81.5 Å². The smallest absolute Gasteiger partial charge is 0.195 e. The van der Waals surface area contributed by atoms with E-state index in [2.05, 4.69) is 4.98 Å². The summed E-state index contributed by atoms with van der Waals surface area (Å²) in [5.74, 6) is 1.30. The van der Waals surface area contributed by atoms with Crippen molar-refractivity contribution in [2.75, 3.05) is 0 Å². The molecule has 0 atom stereocenters. The van der Waals surface area contributed by atoms with Crippen molar-refractivity contribution in [3.63, 3.8) is 0 Å². The maximum absolute atomic E-state index is 5.71. The summed E-state index contributed by atoms with van der Waals surface area (Å²) >= 11 is 5.71. The fourth-order valence-corrected chi connectivity index (χ4v) is 1.42. The summed E-state index contributed by atoms with van der Waals surface area (Å²) in [7, 11) is 0. The Morgan fingerprint density at radius 2 is 2.31 bits per heavy atom. The Morgan fingerprint density at radius 3 is 3.00 bits per heavy atom. The van der Waals surface area contributed by atoms with Gasteiger partial charge in [-0.3, -0.25) is 0 Å². The standard InChI is InChI=1S/C10H10ClNO/c1-2-10-12-8-5-7(6-11)3-4-9(8)13-10/h3-5H,2,6H2,1H3. The molecule has 3 heteroatoms. The van der Waals surface area contributed by atoms with Crippen molar-refractivity contribution >= 4 is 22.7 Å². The van der Waals surface area contributed by atoms with Gasteiger partial charge < -0.3 is 4.42 Å². The van der Waals surface area contributed by atoms with E-state index in [1.807, 2.05) is 25.1 Å². The van der Waals surface area contributed by atoms with Gasteiger partial charge in [-0.15, -0.1) is 11.6 Å². The van der Waals surface area contributed by atoms with Gasteiger partial charge in [0.05, 0.1) is 0 Å². The molecule has 0 unspecified atom stereocenters. The van der Waals surface area contributed by atoms with Crippen LogP contribution in [-0.4, -0.2) is 4.98 Å². The van der Waals surface area contributed by atoms with Gasteiger partial charge in [0.15, 0.2) is 11.5 Å². The highest BCUT2D eigenvalue weighted by Crippen LogP contribution is 2.18. The lowest BCUT2D eigenvalue weighted by Crippen LogP contribution is -1.77. The van der Waals surface area contributed by atoms with Crippen LogP contribution in [0.2, 0.25) is 0 Å². The minimum Gasteiger partial charge on any atom is -0.441 e. The molecule has 0 amide bonds. The van der Waals surface area contributed by atoms with Crippen LogP contribution in [0.5, 0.6) is 0 Å². The number of aryl methyl sites for hydroxylation is 1. The van der Waals surface area contributed by atoms with Crippen molar-refractivity contribution < 1.29 is 4.42 Å². The van der Waals surface area contributed by atoms with Gasteiger partial charge >= 0.3 is 0 Å². The number of halogens is 1. The average molecular weight is 196 g/mol. The Hall–Kier alpha value is -1.02. The molecule has 1 heterocycles. The third-order valence-electron chi connectivity index (χ3n) is 1.95. The molecule has 0 spiro atoms. The number of nitrogens with zero attached hydrogens (tertiary/aromatic N) is 1. The molecule has 68 valence electrons. The Morgan fingerprint density at radius 1 is 1.46 bits per heavy atom. The summed E-state index contributed by atoms with van der Waals surface area (Å²) in [6.45, 7) is 2.02. The number of oxazole rings is 1. The second-order valence-electron chi connectivity index (χ2n) is 2.90. The minimum absolute atomic E-state index is 0.518. The van der Waals surface area contributed by atoms with Crippen LogP contribution in [0.4, 0.5) is 0 Å². The van der Waals surface area contributed by atoms with Crippen LogP contribution in [-0.2, 0) is 12.3 Å². The van der Waals surface area contributed by atoms with E-state index < -0.39 is 0 Å². The Bertz CT molecular complexity index is 420. The van der Waals surface area contributed by atoms with E-state index in [0.717, 1.165) is 29.0 Å². The van der Waals surface area contributed by atoms with Crippen molar-refractivity contribution in [3.05, 3.63) is 29.7 Å². The van der Waals surface area contributed by atoms with E-state index in [-0.39, 0.29) is 0 Å². The summed E-state index contributed by atoms with van der Waals surface area (Å²) in [5, 5.41) is 0. The summed E-state index contributed by atoms with van der Waals surface area (Å²) in [4.78, 5) is 4.31. The first kappa shape index (κ1) is 8.57. The Balaban J connectivity index is 2.57. The van der Waals surface area contributed by atoms with Crippen LogP contribution in [0.3, 0.4) is 0 Å². The molecule has 0 N–H and O–H groups in total. The molecule has 0 aliphatic carbocycles. The topological polar surface area (TPSA) is 26.0 Å². The van der Waals surface area contributed by atoms with Crippen LogP contribution in [0, 0.1) is 0 Å². The molecule has 0 saturated carbocycles. The van der Waals surface area contributed by atoms with Gasteiger partial charge in [0.1, 0.15) is 5.52 Å². The SMILES string of the molecule is CCc1nc2cc(CCl)ccc2o1. The fraction of sp³-hybridized carbons (Fsp3) is 0.300. The molecule has 0 aliphatic rings. The molecule has 2 rings (SSSR count). The van der Waals surface area contributed by atoms with Crippen molar-refractivity contribution in [2.45, 2.75) is 19.2 Å². The lowest BCUT2D eigenvalue weighted by atomic mass is 10.2. The quantitative estimate of drug-likeness (QED) is 0.689. The van der Waals surface area contributed by atoms with E-state index in [0.29, 0.717) is 5.88 Å². The predicted molar refractivity (Wildman–Crippen MR) is 52.9 cm³/mol. The molecule has 0 saturated heterocycles. The molecule has 0 aliphatic heterocycles. The van der Waals surface area contributed by atoms with Crippen molar-refractivity contribution in [3.8, 4) is 0 Å². The fourth-order valence-electron chi connectivity index (χ4n) is 1.26. The third-order valence-corrected chi connectivity index (χ3v) is 2.26. The van der Waals surface area contributed by atoms with Gasteiger partial charge in [-0.2, -0.15) is 0 Å². The van der Waals surface area contributed by atoms with Gasteiger partial charge in [-0.1, -0.05) is 13.0 Å². The highest BCUT2D eigenvalue weighted by atomic mass is 35.5. The molecule has 2 nitrogen and oxygen atoms in total. The van der Waals surface area contributed by atoms with Gasteiger partial charge in [-0.25, -0.2) is 4.98 Å². The lowest BCUT2D eigenvalue weighted by Gasteiger charge is -1.91. The second kappa shape index (κ2) is 3.38. The zero-order valence-corrected chi connectivity index (χ0v) is 8.14. The van der Waals surface area contributed by atoms with Crippen LogP contribution in [0.1, 0.15) is 18.4 Å². The predicted octanol–water partition coefficient (Wildman–Crippen LogP) is 3.13. The molecular weight excluding hydrogens is 186 g/mol. The van der Waals surface area contributed by atoms with E-state index >= 15 is 0 Å². The minimum atomic E-state index is 0.518.